The third-order valence-corrected chi connectivity index (χ3v) is 3.93. The molecule has 0 bridgehead atoms. The van der Waals surface area contributed by atoms with Crippen LogP contribution in [0.1, 0.15) is 25.1 Å². The molecule has 1 fully saturated rings. The maximum atomic E-state index is 5.21. The van der Waals surface area contributed by atoms with Crippen molar-refractivity contribution in [1.29, 1.82) is 0 Å². The maximum Gasteiger partial charge on any atom is 0.159 e. The minimum Gasteiger partial charge on any atom is -0.497 e. The van der Waals surface area contributed by atoms with E-state index in [2.05, 4.69) is 22.0 Å². The predicted octanol–water partition coefficient (Wildman–Crippen LogP) is 1.76. The SMILES string of the molecule is COc1ccn2nc(CC3CCCCN3C)nc2c1. The summed E-state index contributed by atoms with van der Waals surface area (Å²) in [6.45, 7) is 1.19. The lowest BCUT2D eigenvalue weighted by Crippen LogP contribution is -2.37. The summed E-state index contributed by atoms with van der Waals surface area (Å²) in [5.74, 6) is 1.74. The van der Waals surface area contributed by atoms with Gasteiger partial charge >= 0.3 is 0 Å². The molecule has 3 rings (SSSR count). The Morgan fingerprint density at radius 2 is 2.32 bits per heavy atom. The van der Waals surface area contributed by atoms with Gasteiger partial charge in [-0.1, -0.05) is 6.42 Å². The molecule has 1 aliphatic rings. The monoisotopic (exact) mass is 260 g/mol. The number of rotatable bonds is 3. The number of pyridine rings is 1. The zero-order chi connectivity index (χ0) is 13.2. The van der Waals surface area contributed by atoms with Gasteiger partial charge < -0.3 is 9.64 Å². The molecule has 1 aliphatic heterocycles. The Kier molecular flexibility index (Phi) is 3.38. The van der Waals surface area contributed by atoms with Crippen LogP contribution in [-0.2, 0) is 6.42 Å². The van der Waals surface area contributed by atoms with Crippen LogP contribution in [0.5, 0.6) is 5.75 Å². The number of aromatic nitrogens is 3. The predicted molar refractivity (Wildman–Crippen MR) is 73.5 cm³/mol. The lowest BCUT2D eigenvalue weighted by Gasteiger charge is -2.31. The van der Waals surface area contributed by atoms with E-state index >= 15 is 0 Å². The van der Waals surface area contributed by atoms with Crippen LogP contribution in [0.25, 0.3) is 5.65 Å². The molecule has 19 heavy (non-hydrogen) atoms. The molecule has 0 radical (unpaired) electrons. The van der Waals surface area contributed by atoms with Crippen LogP contribution < -0.4 is 4.74 Å². The molecule has 1 saturated heterocycles. The number of hydrogen-bond donors (Lipinski definition) is 0. The number of methoxy groups -OCH3 is 1. The van der Waals surface area contributed by atoms with E-state index in [4.69, 9.17) is 4.74 Å². The Bertz CT molecular complexity index is 566. The first-order valence-electron chi connectivity index (χ1n) is 6.86. The van der Waals surface area contributed by atoms with Crippen molar-refractivity contribution in [2.75, 3.05) is 20.7 Å². The molecule has 2 aromatic heterocycles. The fourth-order valence-corrected chi connectivity index (χ4v) is 2.74. The van der Waals surface area contributed by atoms with Gasteiger partial charge in [0.2, 0.25) is 0 Å². The zero-order valence-electron chi connectivity index (χ0n) is 11.5. The van der Waals surface area contributed by atoms with Crippen LogP contribution in [0.2, 0.25) is 0 Å². The number of nitrogens with zero attached hydrogens (tertiary/aromatic N) is 4. The topological polar surface area (TPSA) is 42.7 Å². The number of likely N-dealkylation sites (N-methyl/N-ethyl adjacent to an activating group) is 1. The van der Waals surface area contributed by atoms with Crippen LogP contribution in [-0.4, -0.2) is 46.2 Å². The molecule has 5 nitrogen and oxygen atoms in total. The second-order valence-electron chi connectivity index (χ2n) is 5.23. The number of likely N-dealkylation sites (tertiary alicyclic amines) is 1. The Balaban J connectivity index is 1.81. The van der Waals surface area contributed by atoms with Gasteiger partial charge in [0.05, 0.1) is 7.11 Å². The fraction of sp³-hybridized carbons (Fsp3) is 0.571. The number of fused-ring (bicyclic) bond motifs is 1. The largest absolute Gasteiger partial charge is 0.497 e. The van der Waals surface area contributed by atoms with Crippen LogP contribution in [0.4, 0.5) is 0 Å². The van der Waals surface area contributed by atoms with Gasteiger partial charge in [0.15, 0.2) is 11.5 Å². The van der Waals surface area contributed by atoms with Crippen molar-refractivity contribution >= 4 is 5.65 Å². The van der Waals surface area contributed by atoms with Crippen LogP contribution in [0.3, 0.4) is 0 Å². The summed E-state index contributed by atoms with van der Waals surface area (Å²) >= 11 is 0. The number of hydrogen-bond acceptors (Lipinski definition) is 4. The van der Waals surface area contributed by atoms with E-state index in [9.17, 15) is 0 Å². The highest BCUT2D eigenvalue weighted by molar-refractivity contribution is 5.43. The maximum absolute atomic E-state index is 5.21. The van der Waals surface area contributed by atoms with Gasteiger partial charge in [-0.15, -0.1) is 0 Å². The van der Waals surface area contributed by atoms with E-state index in [1.165, 1.54) is 25.8 Å². The van der Waals surface area contributed by atoms with Crippen LogP contribution >= 0.6 is 0 Å². The Morgan fingerprint density at radius 1 is 1.42 bits per heavy atom. The third kappa shape index (κ3) is 2.56. The Hall–Kier alpha value is -1.62. The van der Waals surface area contributed by atoms with E-state index < -0.39 is 0 Å². The molecule has 2 aromatic rings. The van der Waals surface area contributed by atoms with Crippen molar-refractivity contribution in [2.45, 2.75) is 31.7 Å². The Morgan fingerprint density at radius 3 is 3.11 bits per heavy atom. The standard InChI is InChI=1S/C14H20N4O/c1-17-7-4-3-5-11(17)9-13-15-14-10-12(19-2)6-8-18(14)16-13/h6,8,10-11H,3-5,7,9H2,1-2H3. The average Bonchev–Trinajstić information content (AvgIpc) is 2.82. The van der Waals surface area contributed by atoms with Crippen molar-refractivity contribution < 1.29 is 4.74 Å². The molecule has 0 amide bonds. The fourth-order valence-electron chi connectivity index (χ4n) is 2.74. The second kappa shape index (κ2) is 5.17. The molecule has 3 heterocycles. The molecule has 0 N–H and O–H groups in total. The number of ether oxygens (including phenoxy) is 1. The number of piperidine rings is 1. The summed E-state index contributed by atoms with van der Waals surface area (Å²) in [4.78, 5) is 7.02. The first-order valence-corrected chi connectivity index (χ1v) is 6.86. The van der Waals surface area contributed by atoms with Crippen molar-refractivity contribution in [1.82, 2.24) is 19.5 Å². The van der Waals surface area contributed by atoms with Gasteiger partial charge in [-0.3, -0.25) is 0 Å². The summed E-state index contributed by atoms with van der Waals surface area (Å²) in [6, 6.07) is 4.40. The summed E-state index contributed by atoms with van der Waals surface area (Å²) < 4.78 is 7.03. The van der Waals surface area contributed by atoms with Gasteiger partial charge in [-0.25, -0.2) is 9.50 Å². The molecule has 5 heteroatoms. The minimum absolute atomic E-state index is 0.577. The molecule has 1 unspecified atom stereocenters. The molecule has 102 valence electrons. The molecule has 1 atom stereocenters. The van der Waals surface area contributed by atoms with E-state index in [0.717, 1.165) is 23.6 Å². The van der Waals surface area contributed by atoms with E-state index in [1.54, 1.807) is 7.11 Å². The second-order valence-corrected chi connectivity index (χ2v) is 5.23. The normalized spacial score (nSPS) is 20.8. The van der Waals surface area contributed by atoms with Crippen LogP contribution in [0, 0.1) is 0 Å². The summed E-state index contributed by atoms with van der Waals surface area (Å²) in [5.41, 5.74) is 0.854. The van der Waals surface area contributed by atoms with Gasteiger partial charge in [-0.2, -0.15) is 5.10 Å². The van der Waals surface area contributed by atoms with Crippen molar-refractivity contribution in [3.63, 3.8) is 0 Å². The minimum atomic E-state index is 0.577. The van der Waals surface area contributed by atoms with Gasteiger partial charge in [-0.05, 0) is 32.5 Å². The van der Waals surface area contributed by atoms with Crippen molar-refractivity contribution in [2.24, 2.45) is 0 Å². The first kappa shape index (κ1) is 12.4. The van der Waals surface area contributed by atoms with Gasteiger partial charge in [0.25, 0.3) is 0 Å². The molecule has 0 aliphatic carbocycles. The molecule has 0 spiro atoms. The third-order valence-electron chi connectivity index (χ3n) is 3.93. The Labute approximate surface area is 113 Å². The quantitative estimate of drug-likeness (QED) is 0.843. The van der Waals surface area contributed by atoms with E-state index in [-0.39, 0.29) is 0 Å². The first-order chi connectivity index (χ1) is 9.26. The highest BCUT2D eigenvalue weighted by atomic mass is 16.5. The van der Waals surface area contributed by atoms with Gasteiger partial charge in [0, 0.05) is 24.7 Å². The summed E-state index contributed by atoms with van der Waals surface area (Å²) in [6.07, 6.45) is 6.70. The molecular formula is C14H20N4O. The van der Waals surface area contributed by atoms with Crippen molar-refractivity contribution in [3.8, 4) is 5.75 Å². The molecule has 0 aromatic carbocycles. The van der Waals surface area contributed by atoms with Crippen molar-refractivity contribution in [3.05, 3.63) is 24.2 Å². The summed E-state index contributed by atoms with van der Waals surface area (Å²) in [7, 11) is 3.86. The highest BCUT2D eigenvalue weighted by Gasteiger charge is 2.21. The average molecular weight is 260 g/mol. The zero-order valence-corrected chi connectivity index (χ0v) is 11.5. The van der Waals surface area contributed by atoms with Gasteiger partial charge in [0.1, 0.15) is 5.75 Å². The molecule has 0 saturated carbocycles. The molecular weight excluding hydrogens is 240 g/mol. The highest BCUT2D eigenvalue weighted by Crippen LogP contribution is 2.19. The lowest BCUT2D eigenvalue weighted by molar-refractivity contribution is 0.182. The van der Waals surface area contributed by atoms with Crippen LogP contribution in [0.15, 0.2) is 18.3 Å². The van der Waals surface area contributed by atoms with E-state index in [0.29, 0.717) is 6.04 Å². The summed E-state index contributed by atoms with van der Waals surface area (Å²) in [5, 5.41) is 4.54. The lowest BCUT2D eigenvalue weighted by atomic mass is 10.00. The smallest absolute Gasteiger partial charge is 0.159 e. The van der Waals surface area contributed by atoms with E-state index in [1.807, 2.05) is 22.8 Å².